The van der Waals surface area contributed by atoms with E-state index in [2.05, 4.69) is 15.4 Å². The van der Waals surface area contributed by atoms with Gasteiger partial charge in [-0.3, -0.25) is 14.0 Å². The second-order valence-electron chi connectivity index (χ2n) is 4.58. The van der Waals surface area contributed by atoms with Crippen LogP contribution in [0.1, 0.15) is 11.5 Å². The van der Waals surface area contributed by atoms with Crippen molar-refractivity contribution in [1.82, 2.24) is 24.6 Å². The normalized spacial score (nSPS) is 11.3. The topological polar surface area (TPSA) is 77.9 Å². The Balaban J connectivity index is 1.94. The second kappa shape index (κ2) is 4.93. The van der Waals surface area contributed by atoms with Crippen molar-refractivity contribution in [3.8, 4) is 0 Å². The van der Waals surface area contributed by atoms with Crippen molar-refractivity contribution in [1.29, 1.82) is 0 Å². The van der Waals surface area contributed by atoms with Crippen LogP contribution in [0.3, 0.4) is 0 Å². The van der Waals surface area contributed by atoms with Crippen molar-refractivity contribution in [3.63, 3.8) is 0 Å². The largest absolute Gasteiger partial charge is 0.463 e. The van der Waals surface area contributed by atoms with Crippen LogP contribution in [0.5, 0.6) is 0 Å². The van der Waals surface area contributed by atoms with E-state index in [4.69, 9.17) is 4.42 Å². The molecule has 0 saturated carbocycles. The van der Waals surface area contributed by atoms with Gasteiger partial charge in [0.25, 0.3) is 5.56 Å². The van der Waals surface area contributed by atoms with Gasteiger partial charge in [-0.05, 0) is 19.2 Å². The minimum atomic E-state index is -0.116. The summed E-state index contributed by atoms with van der Waals surface area (Å²) in [5.74, 6) is 1.56. The summed E-state index contributed by atoms with van der Waals surface area (Å²) in [4.78, 5) is 16.5. The molecule has 0 radical (unpaired) electrons. The first-order chi connectivity index (χ1) is 9.69. The molecular weight excluding hydrogens is 258 g/mol. The van der Waals surface area contributed by atoms with Crippen molar-refractivity contribution in [2.75, 3.05) is 7.05 Å². The van der Waals surface area contributed by atoms with Crippen LogP contribution in [-0.4, -0.2) is 26.4 Å². The SMILES string of the molecule is CNCc1ccc(Cn2cnc3c(cnn3C)c2=O)o1. The van der Waals surface area contributed by atoms with Gasteiger partial charge in [0.2, 0.25) is 0 Å². The van der Waals surface area contributed by atoms with Gasteiger partial charge in [-0.1, -0.05) is 0 Å². The van der Waals surface area contributed by atoms with Crippen LogP contribution in [0, 0.1) is 0 Å². The predicted octanol–water partition coefficient (Wildman–Crippen LogP) is 0.491. The molecule has 3 aromatic heterocycles. The fourth-order valence-corrected chi connectivity index (χ4v) is 2.12. The number of hydrogen-bond donors (Lipinski definition) is 1. The summed E-state index contributed by atoms with van der Waals surface area (Å²) in [5, 5.41) is 7.57. The third-order valence-electron chi connectivity index (χ3n) is 3.11. The Labute approximate surface area is 114 Å². The molecule has 0 aliphatic heterocycles. The van der Waals surface area contributed by atoms with Gasteiger partial charge in [0.1, 0.15) is 23.2 Å². The van der Waals surface area contributed by atoms with E-state index >= 15 is 0 Å². The number of furan rings is 1. The molecule has 7 heteroatoms. The summed E-state index contributed by atoms with van der Waals surface area (Å²) in [7, 11) is 3.61. The number of hydrogen-bond acceptors (Lipinski definition) is 5. The minimum Gasteiger partial charge on any atom is -0.463 e. The fourth-order valence-electron chi connectivity index (χ4n) is 2.12. The van der Waals surface area contributed by atoms with Crippen LogP contribution in [0.4, 0.5) is 0 Å². The molecule has 0 aromatic carbocycles. The van der Waals surface area contributed by atoms with Gasteiger partial charge in [-0.2, -0.15) is 5.10 Å². The average molecular weight is 273 g/mol. The molecule has 3 rings (SSSR count). The van der Waals surface area contributed by atoms with Crippen LogP contribution in [0.2, 0.25) is 0 Å². The predicted molar refractivity (Wildman–Crippen MR) is 73.3 cm³/mol. The second-order valence-corrected chi connectivity index (χ2v) is 4.58. The Bertz CT molecular complexity index is 799. The molecule has 20 heavy (non-hydrogen) atoms. The van der Waals surface area contributed by atoms with Crippen molar-refractivity contribution in [2.24, 2.45) is 7.05 Å². The molecule has 0 atom stereocenters. The van der Waals surface area contributed by atoms with Crippen molar-refractivity contribution in [2.45, 2.75) is 13.1 Å². The zero-order valence-electron chi connectivity index (χ0n) is 11.3. The van der Waals surface area contributed by atoms with E-state index in [1.807, 2.05) is 19.2 Å². The van der Waals surface area contributed by atoms with Gasteiger partial charge in [0, 0.05) is 7.05 Å². The third kappa shape index (κ3) is 2.12. The van der Waals surface area contributed by atoms with E-state index in [0.717, 1.165) is 11.5 Å². The molecule has 3 heterocycles. The molecular formula is C13H15N5O2. The Morgan fingerprint density at radius 3 is 2.95 bits per heavy atom. The molecule has 0 fully saturated rings. The number of fused-ring (bicyclic) bond motifs is 1. The summed E-state index contributed by atoms with van der Waals surface area (Å²) >= 11 is 0. The van der Waals surface area contributed by atoms with Gasteiger partial charge in [-0.15, -0.1) is 0 Å². The van der Waals surface area contributed by atoms with Crippen molar-refractivity contribution in [3.05, 3.63) is 46.5 Å². The van der Waals surface area contributed by atoms with Gasteiger partial charge in [0.05, 0.1) is 19.3 Å². The number of nitrogens with one attached hydrogen (secondary N) is 1. The van der Waals surface area contributed by atoms with Crippen LogP contribution in [0.15, 0.2) is 33.9 Å². The van der Waals surface area contributed by atoms with E-state index in [9.17, 15) is 4.79 Å². The van der Waals surface area contributed by atoms with E-state index in [0.29, 0.717) is 24.1 Å². The van der Waals surface area contributed by atoms with E-state index in [1.165, 1.54) is 17.1 Å². The monoisotopic (exact) mass is 273 g/mol. The van der Waals surface area contributed by atoms with Crippen molar-refractivity contribution < 1.29 is 4.42 Å². The summed E-state index contributed by atoms with van der Waals surface area (Å²) in [6.45, 7) is 1.02. The lowest BCUT2D eigenvalue weighted by molar-refractivity contribution is 0.442. The molecule has 104 valence electrons. The Morgan fingerprint density at radius 2 is 2.15 bits per heavy atom. The molecule has 0 saturated heterocycles. The zero-order chi connectivity index (χ0) is 14.1. The minimum absolute atomic E-state index is 0.116. The third-order valence-corrected chi connectivity index (χ3v) is 3.11. The van der Waals surface area contributed by atoms with E-state index in [-0.39, 0.29) is 5.56 Å². The molecule has 0 aliphatic rings. The first-order valence-electron chi connectivity index (χ1n) is 6.28. The quantitative estimate of drug-likeness (QED) is 0.748. The molecule has 3 aromatic rings. The maximum atomic E-state index is 12.3. The number of aromatic nitrogens is 4. The van der Waals surface area contributed by atoms with Gasteiger partial charge in [-0.25, -0.2) is 4.98 Å². The molecule has 0 unspecified atom stereocenters. The highest BCUT2D eigenvalue weighted by molar-refractivity contribution is 5.72. The number of rotatable bonds is 4. The van der Waals surface area contributed by atoms with Crippen LogP contribution < -0.4 is 10.9 Å². The highest BCUT2D eigenvalue weighted by Crippen LogP contribution is 2.09. The molecule has 0 bridgehead atoms. The molecule has 7 nitrogen and oxygen atoms in total. The van der Waals surface area contributed by atoms with Crippen LogP contribution >= 0.6 is 0 Å². The lowest BCUT2D eigenvalue weighted by Gasteiger charge is -2.03. The Hall–Kier alpha value is -2.41. The van der Waals surface area contributed by atoms with Crippen LogP contribution in [-0.2, 0) is 20.1 Å². The molecule has 0 amide bonds. The summed E-state index contributed by atoms with van der Waals surface area (Å²) < 4.78 is 8.73. The molecule has 0 spiro atoms. The number of nitrogens with zero attached hydrogens (tertiary/aromatic N) is 4. The lowest BCUT2D eigenvalue weighted by atomic mass is 10.4. The lowest BCUT2D eigenvalue weighted by Crippen LogP contribution is -2.20. The highest BCUT2D eigenvalue weighted by atomic mass is 16.3. The summed E-state index contributed by atoms with van der Waals surface area (Å²) in [5.41, 5.74) is 0.469. The first kappa shape index (κ1) is 12.6. The van der Waals surface area contributed by atoms with Gasteiger partial charge >= 0.3 is 0 Å². The molecule has 0 aliphatic carbocycles. The summed E-state index contributed by atoms with van der Waals surface area (Å²) in [6.07, 6.45) is 3.06. The highest BCUT2D eigenvalue weighted by Gasteiger charge is 2.09. The van der Waals surface area contributed by atoms with Crippen LogP contribution in [0.25, 0.3) is 11.0 Å². The smallest absolute Gasteiger partial charge is 0.264 e. The maximum absolute atomic E-state index is 12.3. The number of aryl methyl sites for hydroxylation is 1. The summed E-state index contributed by atoms with van der Waals surface area (Å²) in [6, 6.07) is 3.76. The van der Waals surface area contributed by atoms with E-state index < -0.39 is 0 Å². The average Bonchev–Trinajstić information content (AvgIpc) is 3.02. The maximum Gasteiger partial charge on any atom is 0.264 e. The zero-order valence-corrected chi connectivity index (χ0v) is 11.3. The molecule has 1 N–H and O–H groups in total. The first-order valence-corrected chi connectivity index (χ1v) is 6.28. The standard InChI is InChI=1S/C13H15N5O2/c1-14-5-9-3-4-10(20-9)7-18-8-15-12-11(13(18)19)6-16-17(12)2/h3-4,6,8,14H,5,7H2,1-2H3. The van der Waals surface area contributed by atoms with E-state index in [1.54, 1.807) is 11.7 Å². The van der Waals surface area contributed by atoms with Gasteiger partial charge in [0.15, 0.2) is 5.65 Å². The Morgan fingerprint density at radius 1 is 1.35 bits per heavy atom. The van der Waals surface area contributed by atoms with Crippen molar-refractivity contribution >= 4 is 11.0 Å². The van der Waals surface area contributed by atoms with Gasteiger partial charge < -0.3 is 9.73 Å². The Kier molecular flexibility index (Phi) is 3.11. The fraction of sp³-hybridized carbons (Fsp3) is 0.308.